The van der Waals surface area contributed by atoms with Gasteiger partial charge < -0.3 is 5.32 Å². The zero-order chi connectivity index (χ0) is 12.2. The molecule has 1 aromatic carbocycles. The summed E-state index contributed by atoms with van der Waals surface area (Å²) in [6, 6.07) is 8.71. The smallest absolute Gasteiger partial charge is 0.252 e. The van der Waals surface area contributed by atoms with Crippen LogP contribution in [0, 0.1) is 11.3 Å². The van der Waals surface area contributed by atoms with E-state index in [2.05, 4.69) is 11.4 Å². The van der Waals surface area contributed by atoms with Gasteiger partial charge in [0.25, 0.3) is 5.91 Å². The van der Waals surface area contributed by atoms with Gasteiger partial charge in [0, 0.05) is 10.6 Å². The van der Waals surface area contributed by atoms with Crippen molar-refractivity contribution in [2.45, 2.75) is 25.8 Å². The van der Waals surface area contributed by atoms with Gasteiger partial charge in [0.2, 0.25) is 0 Å². The maximum absolute atomic E-state index is 11.8. The number of halogens is 1. The Morgan fingerprint density at radius 2 is 2.31 bits per heavy atom. The molecule has 1 rings (SSSR count). The molecule has 4 heteroatoms. The molecular weight excluding hydrogens is 224 g/mol. The molecule has 1 N–H and O–H groups in total. The average Bonchev–Trinajstić information content (AvgIpc) is 2.29. The van der Waals surface area contributed by atoms with Crippen LogP contribution in [0.4, 0.5) is 0 Å². The van der Waals surface area contributed by atoms with Gasteiger partial charge in [-0.3, -0.25) is 4.79 Å². The van der Waals surface area contributed by atoms with E-state index in [4.69, 9.17) is 16.9 Å². The molecule has 0 saturated heterocycles. The van der Waals surface area contributed by atoms with Crippen LogP contribution in [-0.4, -0.2) is 11.4 Å². The number of carbonyl (C=O) groups excluding carboxylic acids is 1. The van der Waals surface area contributed by atoms with Crippen molar-refractivity contribution >= 4 is 17.5 Å². The number of rotatable bonds is 3. The second-order valence-electron chi connectivity index (χ2n) is 3.76. The first kappa shape index (κ1) is 12.5. The molecule has 3 nitrogen and oxygen atoms in total. The second kappa shape index (κ2) is 5.00. The van der Waals surface area contributed by atoms with Crippen LogP contribution < -0.4 is 5.32 Å². The maximum Gasteiger partial charge on any atom is 0.252 e. The van der Waals surface area contributed by atoms with Crippen molar-refractivity contribution in [3.8, 4) is 6.07 Å². The molecule has 84 valence electrons. The van der Waals surface area contributed by atoms with E-state index >= 15 is 0 Å². The van der Waals surface area contributed by atoms with E-state index in [9.17, 15) is 4.79 Å². The number of nitrogens with zero attached hydrogens (tertiary/aromatic N) is 1. The molecule has 0 saturated carbocycles. The summed E-state index contributed by atoms with van der Waals surface area (Å²) in [6.45, 7) is 3.54. The van der Waals surface area contributed by atoms with Gasteiger partial charge in [-0.2, -0.15) is 5.26 Å². The zero-order valence-electron chi connectivity index (χ0n) is 9.25. The first-order chi connectivity index (χ1) is 7.50. The van der Waals surface area contributed by atoms with Crippen LogP contribution in [0.2, 0.25) is 5.02 Å². The van der Waals surface area contributed by atoms with Crippen LogP contribution in [0.5, 0.6) is 0 Å². The number of nitriles is 1. The zero-order valence-corrected chi connectivity index (χ0v) is 10.0. The number of benzene rings is 1. The predicted molar refractivity (Wildman–Crippen MR) is 63.2 cm³/mol. The molecule has 0 aliphatic carbocycles. The average molecular weight is 237 g/mol. The summed E-state index contributed by atoms with van der Waals surface area (Å²) < 4.78 is 0. The maximum atomic E-state index is 11.8. The molecule has 1 aromatic rings. The fourth-order valence-corrected chi connectivity index (χ4v) is 1.34. The third-order valence-corrected chi connectivity index (χ3v) is 2.67. The summed E-state index contributed by atoms with van der Waals surface area (Å²) in [5.41, 5.74) is -0.373. The first-order valence-corrected chi connectivity index (χ1v) is 5.38. The third-order valence-electron chi connectivity index (χ3n) is 2.43. The fraction of sp³-hybridized carbons (Fsp3) is 0.333. The topological polar surface area (TPSA) is 52.9 Å². The van der Waals surface area contributed by atoms with Crippen molar-refractivity contribution in [3.05, 3.63) is 34.9 Å². The molecule has 0 heterocycles. The van der Waals surface area contributed by atoms with Gasteiger partial charge in [0.1, 0.15) is 5.54 Å². The molecule has 0 spiro atoms. The quantitative estimate of drug-likeness (QED) is 0.877. The van der Waals surface area contributed by atoms with Crippen LogP contribution in [0.25, 0.3) is 0 Å². The molecule has 0 radical (unpaired) electrons. The Bertz CT molecular complexity index is 439. The van der Waals surface area contributed by atoms with Crippen LogP contribution in [0.3, 0.4) is 0 Å². The molecule has 0 fully saturated rings. The summed E-state index contributed by atoms with van der Waals surface area (Å²) >= 11 is 5.78. The van der Waals surface area contributed by atoms with Crippen molar-refractivity contribution in [1.82, 2.24) is 5.32 Å². The lowest BCUT2D eigenvalue weighted by Crippen LogP contribution is -2.44. The molecule has 0 aromatic heterocycles. The fourth-order valence-electron chi connectivity index (χ4n) is 1.15. The predicted octanol–water partition coefficient (Wildman–Crippen LogP) is 2.76. The third kappa shape index (κ3) is 2.98. The molecule has 0 aliphatic rings. The number of nitrogens with one attached hydrogen (secondary N) is 1. The summed E-state index contributed by atoms with van der Waals surface area (Å²) in [6.07, 6.45) is 0.551. The van der Waals surface area contributed by atoms with E-state index in [-0.39, 0.29) is 5.91 Å². The van der Waals surface area contributed by atoms with E-state index in [0.717, 1.165) is 0 Å². The number of amides is 1. The second-order valence-corrected chi connectivity index (χ2v) is 4.20. The Balaban J connectivity index is 2.85. The SMILES string of the molecule is CC[C@@](C)(C#N)NC(=O)c1cccc(Cl)c1. The van der Waals surface area contributed by atoms with Crippen molar-refractivity contribution in [1.29, 1.82) is 5.26 Å². The van der Waals surface area contributed by atoms with E-state index in [1.165, 1.54) is 0 Å². The highest BCUT2D eigenvalue weighted by molar-refractivity contribution is 6.30. The minimum atomic E-state index is -0.834. The summed E-state index contributed by atoms with van der Waals surface area (Å²) in [5.74, 6) is -0.284. The summed E-state index contributed by atoms with van der Waals surface area (Å²) in [7, 11) is 0. The van der Waals surface area contributed by atoms with Gasteiger partial charge in [0.05, 0.1) is 6.07 Å². The van der Waals surface area contributed by atoms with Gasteiger partial charge in [-0.25, -0.2) is 0 Å². The van der Waals surface area contributed by atoms with Gasteiger partial charge >= 0.3 is 0 Å². The Kier molecular flexibility index (Phi) is 3.92. The van der Waals surface area contributed by atoms with Gasteiger partial charge in [-0.15, -0.1) is 0 Å². The van der Waals surface area contributed by atoms with Crippen LogP contribution in [-0.2, 0) is 0 Å². The lowest BCUT2D eigenvalue weighted by Gasteiger charge is -2.21. The van der Waals surface area contributed by atoms with E-state index in [1.54, 1.807) is 31.2 Å². The highest BCUT2D eigenvalue weighted by Crippen LogP contribution is 2.13. The van der Waals surface area contributed by atoms with E-state index in [0.29, 0.717) is 17.0 Å². The number of carbonyl (C=O) groups is 1. The highest BCUT2D eigenvalue weighted by Gasteiger charge is 2.24. The number of hydrogen-bond acceptors (Lipinski definition) is 2. The molecule has 1 atom stereocenters. The molecule has 0 aliphatic heterocycles. The van der Waals surface area contributed by atoms with Crippen LogP contribution in [0.15, 0.2) is 24.3 Å². The van der Waals surface area contributed by atoms with Crippen molar-refractivity contribution in [3.63, 3.8) is 0 Å². The molecule has 16 heavy (non-hydrogen) atoms. The van der Waals surface area contributed by atoms with Gasteiger partial charge in [-0.1, -0.05) is 24.6 Å². The van der Waals surface area contributed by atoms with Crippen LogP contribution >= 0.6 is 11.6 Å². The monoisotopic (exact) mass is 236 g/mol. The van der Waals surface area contributed by atoms with Crippen molar-refractivity contribution < 1.29 is 4.79 Å². The summed E-state index contributed by atoms with van der Waals surface area (Å²) in [5, 5.41) is 12.1. The Labute approximate surface area is 100 Å². The standard InChI is InChI=1S/C12H13ClN2O/c1-3-12(2,8-14)15-11(16)9-5-4-6-10(13)7-9/h4-7H,3H2,1-2H3,(H,15,16)/t12-/m0/s1. The lowest BCUT2D eigenvalue weighted by atomic mass is 10.0. The van der Waals surface area contributed by atoms with Crippen molar-refractivity contribution in [2.75, 3.05) is 0 Å². The largest absolute Gasteiger partial charge is 0.334 e. The van der Waals surface area contributed by atoms with Crippen molar-refractivity contribution in [2.24, 2.45) is 0 Å². The Morgan fingerprint density at radius 3 is 2.81 bits per heavy atom. The Morgan fingerprint density at radius 1 is 1.62 bits per heavy atom. The minimum Gasteiger partial charge on any atom is -0.334 e. The molecule has 0 bridgehead atoms. The van der Waals surface area contributed by atoms with Gasteiger partial charge in [0.15, 0.2) is 0 Å². The first-order valence-electron chi connectivity index (χ1n) is 5.00. The van der Waals surface area contributed by atoms with Gasteiger partial charge in [-0.05, 0) is 31.5 Å². The molecule has 1 amide bonds. The molecular formula is C12H13ClN2O. The lowest BCUT2D eigenvalue weighted by molar-refractivity contribution is 0.0923. The normalized spacial score (nSPS) is 13.6. The number of hydrogen-bond donors (Lipinski definition) is 1. The molecule has 0 unspecified atom stereocenters. The van der Waals surface area contributed by atoms with E-state index < -0.39 is 5.54 Å². The minimum absolute atomic E-state index is 0.284. The van der Waals surface area contributed by atoms with Crippen LogP contribution in [0.1, 0.15) is 30.6 Å². The summed E-state index contributed by atoms with van der Waals surface area (Å²) in [4.78, 5) is 11.8. The highest BCUT2D eigenvalue weighted by atomic mass is 35.5. The Hall–Kier alpha value is -1.53. The van der Waals surface area contributed by atoms with E-state index in [1.807, 2.05) is 6.92 Å².